The van der Waals surface area contributed by atoms with Gasteiger partial charge in [0.1, 0.15) is 11.6 Å². The molecule has 5 heteroatoms. The number of pyridine rings is 1. The Balaban J connectivity index is 2.25. The fraction of sp³-hybridized carbons (Fsp3) is 0.643. The molecule has 1 aromatic heterocycles. The van der Waals surface area contributed by atoms with E-state index in [4.69, 9.17) is 4.74 Å². The fourth-order valence-corrected chi connectivity index (χ4v) is 2.37. The zero-order valence-corrected chi connectivity index (χ0v) is 11.5. The highest BCUT2D eigenvalue weighted by atomic mass is 19.1. The van der Waals surface area contributed by atoms with Gasteiger partial charge in [0.2, 0.25) is 0 Å². The molecule has 1 aromatic rings. The van der Waals surface area contributed by atoms with Crippen molar-refractivity contribution in [3.8, 4) is 0 Å². The second-order valence-electron chi connectivity index (χ2n) is 5.06. The highest BCUT2D eigenvalue weighted by Crippen LogP contribution is 2.37. The molecule has 2 rings (SSSR count). The third-order valence-corrected chi connectivity index (χ3v) is 3.68. The van der Waals surface area contributed by atoms with E-state index < -0.39 is 5.82 Å². The highest BCUT2D eigenvalue weighted by Gasteiger charge is 2.33. The van der Waals surface area contributed by atoms with Crippen molar-refractivity contribution in [2.24, 2.45) is 5.92 Å². The number of aliphatic hydroxyl groups is 1. The molecular weight excluding hydrogens is 247 g/mol. The minimum absolute atomic E-state index is 0.207. The van der Waals surface area contributed by atoms with Gasteiger partial charge in [-0.2, -0.15) is 0 Å². The van der Waals surface area contributed by atoms with E-state index in [-0.39, 0.29) is 6.61 Å². The maximum atomic E-state index is 13.2. The van der Waals surface area contributed by atoms with Crippen molar-refractivity contribution >= 4 is 5.82 Å². The summed E-state index contributed by atoms with van der Waals surface area (Å²) in [7, 11) is 1.66. The van der Waals surface area contributed by atoms with E-state index in [9.17, 15) is 9.50 Å². The van der Waals surface area contributed by atoms with E-state index in [1.165, 1.54) is 25.1 Å². The van der Waals surface area contributed by atoms with E-state index >= 15 is 0 Å². The van der Waals surface area contributed by atoms with Gasteiger partial charge in [-0.05, 0) is 31.7 Å². The van der Waals surface area contributed by atoms with Gasteiger partial charge in [0, 0.05) is 25.3 Å². The molecule has 1 atom stereocenters. The van der Waals surface area contributed by atoms with Gasteiger partial charge in [0.05, 0.1) is 19.4 Å². The number of methoxy groups -OCH3 is 1. The minimum atomic E-state index is -0.418. The molecule has 0 spiro atoms. The molecule has 0 radical (unpaired) electrons. The molecule has 1 aliphatic rings. The average Bonchev–Trinajstić information content (AvgIpc) is 3.24. The zero-order valence-electron chi connectivity index (χ0n) is 11.5. The van der Waals surface area contributed by atoms with Crippen molar-refractivity contribution in [2.75, 3.05) is 25.2 Å². The smallest absolute Gasteiger partial charge is 0.142 e. The lowest BCUT2D eigenvalue weighted by Crippen LogP contribution is -2.38. The molecule has 0 aromatic carbocycles. The van der Waals surface area contributed by atoms with Crippen LogP contribution in [0.5, 0.6) is 0 Å². The first kappa shape index (κ1) is 14.2. The molecule has 19 heavy (non-hydrogen) atoms. The van der Waals surface area contributed by atoms with Crippen LogP contribution in [0.15, 0.2) is 12.3 Å². The van der Waals surface area contributed by atoms with Crippen molar-refractivity contribution in [3.05, 3.63) is 23.6 Å². The molecule has 1 unspecified atom stereocenters. The molecule has 1 fully saturated rings. The highest BCUT2D eigenvalue weighted by molar-refractivity contribution is 5.48. The van der Waals surface area contributed by atoms with Crippen LogP contribution in [0.3, 0.4) is 0 Å². The summed E-state index contributed by atoms with van der Waals surface area (Å²) in [5, 5.41) is 9.39. The lowest BCUT2D eigenvalue weighted by atomic mass is 10.1. The molecule has 0 amide bonds. The third kappa shape index (κ3) is 3.42. The maximum Gasteiger partial charge on any atom is 0.142 e. The number of aliphatic hydroxyl groups excluding tert-OH is 1. The summed E-state index contributed by atoms with van der Waals surface area (Å²) < 4.78 is 18.3. The number of anilines is 1. The molecule has 1 heterocycles. The topological polar surface area (TPSA) is 45.6 Å². The molecule has 1 aliphatic carbocycles. The molecule has 0 bridgehead atoms. The third-order valence-electron chi connectivity index (χ3n) is 3.68. The van der Waals surface area contributed by atoms with Crippen LogP contribution in [-0.4, -0.2) is 36.4 Å². The quantitative estimate of drug-likeness (QED) is 0.821. The van der Waals surface area contributed by atoms with Crippen molar-refractivity contribution in [1.29, 1.82) is 0 Å². The molecule has 0 saturated heterocycles. The van der Waals surface area contributed by atoms with Crippen LogP contribution in [0.25, 0.3) is 0 Å². The normalized spacial score (nSPS) is 16.4. The number of nitrogens with zero attached hydrogens (tertiary/aromatic N) is 2. The summed E-state index contributed by atoms with van der Waals surface area (Å²) in [6.45, 7) is 3.22. The van der Waals surface area contributed by atoms with Crippen molar-refractivity contribution in [1.82, 2.24) is 4.98 Å². The molecule has 4 nitrogen and oxygen atoms in total. The van der Waals surface area contributed by atoms with Gasteiger partial charge in [-0.1, -0.05) is 0 Å². The van der Waals surface area contributed by atoms with Crippen LogP contribution in [0.1, 0.15) is 25.3 Å². The Labute approximate surface area is 113 Å². The van der Waals surface area contributed by atoms with E-state index in [1.807, 2.05) is 0 Å². The Morgan fingerprint density at radius 2 is 2.32 bits per heavy atom. The summed E-state index contributed by atoms with van der Waals surface area (Å²) in [5.41, 5.74) is 0.531. The second kappa shape index (κ2) is 6.30. The number of hydrogen-bond acceptors (Lipinski definition) is 4. The maximum absolute atomic E-state index is 13.2. The summed E-state index contributed by atoms with van der Waals surface area (Å²) in [5.74, 6) is 0.911. The number of aromatic nitrogens is 1. The Morgan fingerprint density at radius 3 is 2.89 bits per heavy atom. The minimum Gasteiger partial charge on any atom is -0.392 e. The van der Waals surface area contributed by atoms with Crippen LogP contribution in [0.4, 0.5) is 10.2 Å². The first-order valence-electron chi connectivity index (χ1n) is 6.68. The lowest BCUT2D eigenvalue weighted by molar-refractivity contribution is 0.202. The molecule has 1 saturated carbocycles. The molecule has 1 N–H and O–H groups in total. The SMILES string of the molecule is COCCN(c1ncc(F)cc1CO)C(C)C1CC1. The van der Waals surface area contributed by atoms with E-state index in [0.29, 0.717) is 36.5 Å². The Hall–Kier alpha value is -1.20. The van der Waals surface area contributed by atoms with Gasteiger partial charge in [0.25, 0.3) is 0 Å². The van der Waals surface area contributed by atoms with E-state index in [1.54, 1.807) is 7.11 Å². The van der Waals surface area contributed by atoms with Gasteiger partial charge in [-0.15, -0.1) is 0 Å². The van der Waals surface area contributed by atoms with Crippen LogP contribution in [-0.2, 0) is 11.3 Å². The van der Waals surface area contributed by atoms with Crippen molar-refractivity contribution < 1.29 is 14.2 Å². The monoisotopic (exact) mass is 268 g/mol. The lowest BCUT2D eigenvalue weighted by Gasteiger charge is -2.31. The number of rotatable bonds is 7. The van der Waals surface area contributed by atoms with Crippen LogP contribution < -0.4 is 4.90 Å². The second-order valence-corrected chi connectivity index (χ2v) is 5.06. The molecular formula is C14H21FN2O2. The summed E-state index contributed by atoms with van der Waals surface area (Å²) in [4.78, 5) is 6.29. The van der Waals surface area contributed by atoms with E-state index in [2.05, 4.69) is 16.8 Å². The van der Waals surface area contributed by atoms with Gasteiger partial charge in [-0.3, -0.25) is 0 Å². The summed E-state index contributed by atoms with van der Waals surface area (Å²) in [6, 6.07) is 1.68. The summed E-state index contributed by atoms with van der Waals surface area (Å²) >= 11 is 0. The van der Waals surface area contributed by atoms with Crippen LogP contribution in [0.2, 0.25) is 0 Å². The predicted octanol–water partition coefficient (Wildman–Crippen LogP) is 1.96. The van der Waals surface area contributed by atoms with Gasteiger partial charge >= 0.3 is 0 Å². The van der Waals surface area contributed by atoms with Gasteiger partial charge in [-0.25, -0.2) is 9.37 Å². The number of ether oxygens (including phenoxy) is 1. The first-order valence-corrected chi connectivity index (χ1v) is 6.68. The average molecular weight is 268 g/mol. The van der Waals surface area contributed by atoms with E-state index in [0.717, 1.165) is 0 Å². The summed E-state index contributed by atoms with van der Waals surface area (Å²) in [6.07, 6.45) is 3.65. The Bertz CT molecular complexity index is 424. The zero-order chi connectivity index (χ0) is 13.8. The molecule has 106 valence electrons. The van der Waals surface area contributed by atoms with Crippen LogP contribution >= 0.6 is 0 Å². The number of halogens is 1. The molecule has 0 aliphatic heterocycles. The largest absolute Gasteiger partial charge is 0.392 e. The predicted molar refractivity (Wildman–Crippen MR) is 71.5 cm³/mol. The van der Waals surface area contributed by atoms with Crippen molar-refractivity contribution in [2.45, 2.75) is 32.4 Å². The van der Waals surface area contributed by atoms with Gasteiger partial charge in [0.15, 0.2) is 0 Å². The first-order chi connectivity index (χ1) is 9.17. The standard InChI is InChI=1S/C14H21FN2O2/c1-10(11-3-4-11)17(5-6-19-2)14-12(9-18)7-13(15)8-16-14/h7-8,10-11,18H,3-6,9H2,1-2H3. The Morgan fingerprint density at radius 1 is 1.58 bits per heavy atom. The fourth-order valence-electron chi connectivity index (χ4n) is 2.37. The van der Waals surface area contributed by atoms with Crippen molar-refractivity contribution in [3.63, 3.8) is 0 Å². The number of hydrogen-bond donors (Lipinski definition) is 1. The van der Waals surface area contributed by atoms with Crippen LogP contribution in [0, 0.1) is 11.7 Å². The van der Waals surface area contributed by atoms with Gasteiger partial charge < -0.3 is 14.7 Å². The Kier molecular flexibility index (Phi) is 4.71.